The predicted molar refractivity (Wildman–Crippen MR) is 88.9 cm³/mol. The number of ether oxygens (including phenoxy) is 1. The van der Waals surface area contributed by atoms with Crippen LogP contribution in [0.3, 0.4) is 0 Å². The zero-order valence-electron chi connectivity index (χ0n) is 12.2. The topological polar surface area (TPSA) is 75.7 Å². The van der Waals surface area contributed by atoms with Gasteiger partial charge in [-0.05, 0) is 47.2 Å². The van der Waals surface area contributed by atoms with Crippen molar-refractivity contribution in [2.45, 2.75) is 11.3 Å². The fourth-order valence-electron chi connectivity index (χ4n) is 1.56. The number of carbonyl (C=O) groups is 1. The van der Waals surface area contributed by atoms with Gasteiger partial charge in [0.25, 0.3) is 5.91 Å². The zero-order chi connectivity index (χ0) is 16.0. The third-order valence-corrected chi connectivity index (χ3v) is 5.52. The van der Waals surface area contributed by atoms with Gasteiger partial charge in [-0.1, -0.05) is 0 Å². The van der Waals surface area contributed by atoms with Crippen molar-refractivity contribution < 1.29 is 17.9 Å². The number of nitrogens with one attached hydrogen (secondary N) is 1. The molecule has 0 aliphatic rings. The van der Waals surface area contributed by atoms with E-state index in [0.717, 1.165) is 4.31 Å². The number of sulfonamides is 1. The number of hydrogen-bond acceptors (Lipinski definition) is 4. The van der Waals surface area contributed by atoms with Gasteiger partial charge in [-0.2, -0.15) is 0 Å². The highest BCUT2D eigenvalue weighted by molar-refractivity contribution is 14.1. The highest BCUT2D eigenvalue weighted by Crippen LogP contribution is 2.19. The van der Waals surface area contributed by atoms with E-state index in [9.17, 15) is 13.2 Å². The van der Waals surface area contributed by atoms with Crippen molar-refractivity contribution in [1.29, 1.82) is 0 Å². The maximum Gasteiger partial charge on any atom is 0.252 e. The van der Waals surface area contributed by atoms with Crippen LogP contribution in [0.15, 0.2) is 23.1 Å². The highest BCUT2D eigenvalue weighted by Gasteiger charge is 2.20. The lowest BCUT2D eigenvalue weighted by atomic mass is 10.2. The quantitative estimate of drug-likeness (QED) is 0.527. The lowest BCUT2D eigenvalue weighted by Gasteiger charge is -2.13. The van der Waals surface area contributed by atoms with Crippen molar-refractivity contribution in [2.24, 2.45) is 0 Å². The molecule has 21 heavy (non-hydrogen) atoms. The molecule has 0 aliphatic heterocycles. The molecule has 0 heterocycles. The van der Waals surface area contributed by atoms with Crippen molar-refractivity contribution in [3.8, 4) is 0 Å². The number of amides is 1. The minimum atomic E-state index is -3.55. The Bertz CT molecular complexity index is 602. The summed E-state index contributed by atoms with van der Waals surface area (Å²) in [5.41, 5.74) is 0.357. The smallest absolute Gasteiger partial charge is 0.252 e. The number of rotatable bonds is 7. The van der Waals surface area contributed by atoms with Crippen LogP contribution >= 0.6 is 22.6 Å². The highest BCUT2D eigenvalue weighted by atomic mass is 127. The van der Waals surface area contributed by atoms with Gasteiger partial charge in [-0.25, -0.2) is 12.7 Å². The van der Waals surface area contributed by atoms with Gasteiger partial charge in [0.15, 0.2) is 0 Å². The van der Waals surface area contributed by atoms with Crippen LogP contribution in [0.2, 0.25) is 0 Å². The van der Waals surface area contributed by atoms with Crippen LogP contribution in [0.1, 0.15) is 16.8 Å². The molecule has 1 rings (SSSR count). The van der Waals surface area contributed by atoms with Gasteiger partial charge in [0.05, 0.1) is 10.5 Å². The molecule has 8 heteroatoms. The molecule has 0 atom stereocenters. The summed E-state index contributed by atoms with van der Waals surface area (Å²) in [5, 5.41) is 2.75. The first-order chi connectivity index (χ1) is 9.80. The minimum Gasteiger partial charge on any atom is -0.385 e. The third kappa shape index (κ3) is 4.90. The molecule has 0 fully saturated rings. The number of hydrogen-bond donors (Lipinski definition) is 1. The van der Waals surface area contributed by atoms with Gasteiger partial charge >= 0.3 is 0 Å². The molecule has 1 amide bonds. The molecule has 1 aromatic carbocycles. The monoisotopic (exact) mass is 426 g/mol. The van der Waals surface area contributed by atoms with Gasteiger partial charge in [-0.3, -0.25) is 4.79 Å². The molecule has 1 N–H and O–H groups in total. The number of nitrogens with zero attached hydrogens (tertiary/aromatic N) is 1. The van der Waals surface area contributed by atoms with Gasteiger partial charge in [0.2, 0.25) is 10.0 Å². The second-order valence-corrected chi connectivity index (χ2v) is 7.85. The van der Waals surface area contributed by atoms with E-state index in [4.69, 9.17) is 4.74 Å². The summed E-state index contributed by atoms with van der Waals surface area (Å²) >= 11 is 2.01. The van der Waals surface area contributed by atoms with Crippen LogP contribution in [0.5, 0.6) is 0 Å². The largest absolute Gasteiger partial charge is 0.385 e. The SMILES string of the molecule is COCCCNC(=O)c1cc(S(=O)(=O)N(C)C)ccc1I. The van der Waals surface area contributed by atoms with Gasteiger partial charge in [-0.15, -0.1) is 0 Å². The van der Waals surface area contributed by atoms with Crippen LogP contribution in [0.25, 0.3) is 0 Å². The van der Waals surface area contributed by atoms with Crippen LogP contribution in [0.4, 0.5) is 0 Å². The van der Waals surface area contributed by atoms with Crippen LogP contribution in [-0.4, -0.2) is 53.0 Å². The van der Waals surface area contributed by atoms with E-state index in [1.807, 2.05) is 22.6 Å². The summed E-state index contributed by atoms with van der Waals surface area (Å²) in [5.74, 6) is -0.286. The van der Waals surface area contributed by atoms with Crippen LogP contribution < -0.4 is 5.32 Å². The first kappa shape index (κ1) is 18.3. The van der Waals surface area contributed by atoms with E-state index >= 15 is 0 Å². The number of carbonyl (C=O) groups excluding carboxylic acids is 1. The van der Waals surface area contributed by atoms with E-state index in [1.165, 1.54) is 26.2 Å². The summed E-state index contributed by atoms with van der Waals surface area (Å²) in [6.07, 6.45) is 0.703. The summed E-state index contributed by atoms with van der Waals surface area (Å²) in [4.78, 5) is 12.2. The Balaban J connectivity index is 2.95. The molecule has 0 bridgehead atoms. The maximum atomic E-state index is 12.1. The Labute approximate surface area is 139 Å². The average Bonchev–Trinajstić information content (AvgIpc) is 2.43. The molecular formula is C13H19IN2O4S. The van der Waals surface area contributed by atoms with E-state index in [2.05, 4.69) is 5.32 Å². The van der Waals surface area contributed by atoms with E-state index in [1.54, 1.807) is 13.2 Å². The lowest BCUT2D eigenvalue weighted by molar-refractivity contribution is 0.0947. The Hall–Kier alpha value is -0.710. The van der Waals surface area contributed by atoms with E-state index < -0.39 is 10.0 Å². The molecular weight excluding hydrogens is 407 g/mol. The van der Waals surface area contributed by atoms with Crippen molar-refractivity contribution in [3.63, 3.8) is 0 Å². The molecule has 118 valence electrons. The van der Waals surface area contributed by atoms with Crippen molar-refractivity contribution in [2.75, 3.05) is 34.4 Å². The first-order valence-electron chi connectivity index (χ1n) is 6.30. The number of halogens is 1. The summed E-state index contributed by atoms with van der Waals surface area (Å²) < 4.78 is 30.9. The Morgan fingerprint density at radius 1 is 1.38 bits per heavy atom. The Morgan fingerprint density at radius 2 is 2.05 bits per heavy atom. The summed E-state index contributed by atoms with van der Waals surface area (Å²) in [7, 11) is 0.961. The van der Waals surface area contributed by atoms with E-state index in [-0.39, 0.29) is 10.8 Å². The lowest BCUT2D eigenvalue weighted by Crippen LogP contribution is -2.27. The van der Waals surface area contributed by atoms with Crippen molar-refractivity contribution >= 4 is 38.5 Å². The number of benzene rings is 1. The molecule has 0 saturated heterocycles. The second-order valence-electron chi connectivity index (χ2n) is 4.53. The first-order valence-corrected chi connectivity index (χ1v) is 8.81. The van der Waals surface area contributed by atoms with Crippen LogP contribution in [0, 0.1) is 3.57 Å². The Morgan fingerprint density at radius 3 is 2.62 bits per heavy atom. The molecule has 0 radical (unpaired) electrons. The second kappa shape index (κ2) is 8.06. The minimum absolute atomic E-state index is 0.106. The molecule has 6 nitrogen and oxygen atoms in total. The van der Waals surface area contributed by atoms with Crippen molar-refractivity contribution in [3.05, 3.63) is 27.3 Å². The maximum absolute atomic E-state index is 12.1. The third-order valence-electron chi connectivity index (χ3n) is 2.77. The summed E-state index contributed by atoms with van der Waals surface area (Å²) in [6.45, 7) is 1.04. The summed E-state index contributed by atoms with van der Waals surface area (Å²) in [6, 6.07) is 4.53. The Kier molecular flexibility index (Phi) is 7.04. The predicted octanol–water partition coefficient (Wildman–Crippen LogP) is 1.31. The van der Waals surface area contributed by atoms with Gasteiger partial charge in [0.1, 0.15) is 0 Å². The van der Waals surface area contributed by atoms with Gasteiger partial charge in [0, 0.05) is 37.9 Å². The average molecular weight is 426 g/mol. The standard InChI is InChI=1S/C13H19IN2O4S/c1-16(2)21(18,19)10-5-6-12(14)11(9-10)13(17)15-7-4-8-20-3/h5-6,9H,4,7-8H2,1-3H3,(H,15,17). The molecule has 0 aromatic heterocycles. The molecule has 1 aromatic rings. The fourth-order valence-corrected chi connectivity index (χ4v) is 3.07. The molecule has 0 unspecified atom stereocenters. The number of methoxy groups -OCH3 is 1. The molecule has 0 aliphatic carbocycles. The molecule has 0 spiro atoms. The molecule has 0 saturated carbocycles. The van der Waals surface area contributed by atoms with Gasteiger partial charge < -0.3 is 10.1 Å². The normalized spacial score (nSPS) is 11.7. The van der Waals surface area contributed by atoms with Crippen LogP contribution in [-0.2, 0) is 14.8 Å². The zero-order valence-corrected chi connectivity index (χ0v) is 15.2. The van der Waals surface area contributed by atoms with E-state index in [0.29, 0.717) is 28.7 Å². The fraction of sp³-hybridized carbons (Fsp3) is 0.462. The van der Waals surface area contributed by atoms with Crippen molar-refractivity contribution in [1.82, 2.24) is 9.62 Å².